The fourth-order valence-corrected chi connectivity index (χ4v) is 4.23. The summed E-state index contributed by atoms with van der Waals surface area (Å²) in [5.74, 6) is 1.56. The smallest absolute Gasteiger partial charge is 0.260 e. The van der Waals surface area contributed by atoms with Crippen LogP contribution in [-0.2, 0) is 4.79 Å². The predicted octanol–water partition coefficient (Wildman–Crippen LogP) is 3.85. The van der Waals surface area contributed by atoms with Gasteiger partial charge in [0.25, 0.3) is 5.91 Å². The van der Waals surface area contributed by atoms with Crippen molar-refractivity contribution < 1.29 is 14.3 Å². The van der Waals surface area contributed by atoms with Gasteiger partial charge in [-0.3, -0.25) is 4.79 Å². The number of thiazole rings is 1. The Hall–Kier alpha value is -3.06. The number of ether oxygens (including phenoxy) is 2. The molecule has 1 aliphatic rings. The molecule has 30 heavy (non-hydrogen) atoms. The SMILES string of the molecule is COc1ccc(N2CCN(C(=O)COc3ccc(-c4nc(C)cs4)cc3)CC2)cc1. The summed E-state index contributed by atoms with van der Waals surface area (Å²) >= 11 is 1.62. The molecule has 0 radical (unpaired) electrons. The van der Waals surface area contributed by atoms with E-state index in [9.17, 15) is 4.79 Å². The molecular formula is C23H25N3O3S. The summed E-state index contributed by atoms with van der Waals surface area (Å²) in [5, 5.41) is 3.03. The van der Waals surface area contributed by atoms with Crippen LogP contribution < -0.4 is 14.4 Å². The zero-order valence-corrected chi connectivity index (χ0v) is 18.0. The summed E-state index contributed by atoms with van der Waals surface area (Å²) in [6.07, 6.45) is 0. The molecule has 1 fully saturated rings. The van der Waals surface area contributed by atoms with Crippen molar-refractivity contribution in [1.29, 1.82) is 0 Å². The van der Waals surface area contributed by atoms with E-state index in [0.717, 1.165) is 40.8 Å². The van der Waals surface area contributed by atoms with E-state index in [2.05, 4.69) is 22.0 Å². The third kappa shape index (κ3) is 4.74. The molecule has 0 bridgehead atoms. The van der Waals surface area contributed by atoms with E-state index in [1.54, 1.807) is 18.4 Å². The minimum atomic E-state index is 0.0176. The van der Waals surface area contributed by atoms with Gasteiger partial charge in [0, 0.05) is 48.5 Å². The lowest BCUT2D eigenvalue weighted by molar-refractivity contribution is -0.133. The number of methoxy groups -OCH3 is 1. The van der Waals surface area contributed by atoms with Gasteiger partial charge in [-0.2, -0.15) is 0 Å². The number of hydrogen-bond acceptors (Lipinski definition) is 6. The van der Waals surface area contributed by atoms with E-state index >= 15 is 0 Å². The molecule has 0 unspecified atom stereocenters. The molecule has 0 aliphatic carbocycles. The van der Waals surface area contributed by atoms with Crippen LogP contribution in [0, 0.1) is 6.92 Å². The van der Waals surface area contributed by atoms with Crippen LogP contribution in [0.1, 0.15) is 5.69 Å². The highest BCUT2D eigenvalue weighted by Crippen LogP contribution is 2.25. The molecule has 0 saturated carbocycles. The van der Waals surface area contributed by atoms with Crippen LogP contribution in [0.3, 0.4) is 0 Å². The van der Waals surface area contributed by atoms with Gasteiger partial charge >= 0.3 is 0 Å². The number of carbonyl (C=O) groups is 1. The highest BCUT2D eigenvalue weighted by Gasteiger charge is 2.21. The van der Waals surface area contributed by atoms with Crippen molar-refractivity contribution in [2.24, 2.45) is 0 Å². The molecule has 0 spiro atoms. The van der Waals surface area contributed by atoms with Crippen LogP contribution in [0.25, 0.3) is 10.6 Å². The lowest BCUT2D eigenvalue weighted by Crippen LogP contribution is -2.50. The highest BCUT2D eigenvalue weighted by atomic mass is 32.1. The number of piperazine rings is 1. The number of amides is 1. The normalized spacial score (nSPS) is 13.9. The molecule has 156 valence electrons. The van der Waals surface area contributed by atoms with E-state index in [-0.39, 0.29) is 12.5 Å². The second-order valence-corrected chi connectivity index (χ2v) is 8.03. The maximum Gasteiger partial charge on any atom is 0.260 e. The van der Waals surface area contributed by atoms with Gasteiger partial charge < -0.3 is 19.3 Å². The lowest BCUT2D eigenvalue weighted by atomic mass is 10.2. The van der Waals surface area contributed by atoms with Crippen LogP contribution in [0.4, 0.5) is 5.69 Å². The molecule has 3 aromatic rings. The van der Waals surface area contributed by atoms with Crippen molar-refractivity contribution in [2.75, 3.05) is 44.8 Å². The van der Waals surface area contributed by atoms with Crippen LogP contribution in [0.5, 0.6) is 11.5 Å². The number of rotatable bonds is 6. The molecule has 7 heteroatoms. The Balaban J connectivity index is 1.25. The van der Waals surface area contributed by atoms with Gasteiger partial charge in [0.05, 0.1) is 7.11 Å². The van der Waals surface area contributed by atoms with E-state index in [1.807, 2.05) is 53.6 Å². The van der Waals surface area contributed by atoms with Crippen molar-refractivity contribution in [1.82, 2.24) is 9.88 Å². The number of nitrogens with zero attached hydrogens (tertiary/aromatic N) is 3. The number of hydrogen-bond donors (Lipinski definition) is 0. The fraction of sp³-hybridized carbons (Fsp3) is 0.304. The van der Waals surface area contributed by atoms with Crippen molar-refractivity contribution >= 4 is 22.9 Å². The Morgan fingerprint density at radius 2 is 1.67 bits per heavy atom. The molecule has 2 aromatic carbocycles. The zero-order chi connectivity index (χ0) is 20.9. The topological polar surface area (TPSA) is 54.9 Å². The monoisotopic (exact) mass is 423 g/mol. The number of benzene rings is 2. The Morgan fingerprint density at radius 1 is 1.00 bits per heavy atom. The summed E-state index contributed by atoms with van der Waals surface area (Å²) in [7, 11) is 1.66. The zero-order valence-electron chi connectivity index (χ0n) is 17.2. The molecule has 1 amide bonds. The van der Waals surface area contributed by atoms with E-state index in [4.69, 9.17) is 9.47 Å². The second-order valence-electron chi connectivity index (χ2n) is 7.17. The van der Waals surface area contributed by atoms with Crippen molar-refractivity contribution in [3.63, 3.8) is 0 Å². The molecule has 1 aromatic heterocycles. The van der Waals surface area contributed by atoms with Crippen LogP contribution in [0.15, 0.2) is 53.9 Å². The van der Waals surface area contributed by atoms with Crippen LogP contribution in [0.2, 0.25) is 0 Å². The largest absolute Gasteiger partial charge is 0.497 e. The van der Waals surface area contributed by atoms with E-state index < -0.39 is 0 Å². The van der Waals surface area contributed by atoms with Crippen molar-refractivity contribution in [2.45, 2.75) is 6.92 Å². The Kier molecular flexibility index (Phi) is 6.18. The number of carbonyl (C=O) groups excluding carboxylic acids is 1. The minimum Gasteiger partial charge on any atom is -0.497 e. The number of anilines is 1. The molecule has 4 rings (SSSR count). The van der Waals surface area contributed by atoms with E-state index in [1.165, 1.54) is 0 Å². The van der Waals surface area contributed by atoms with Gasteiger partial charge in [-0.1, -0.05) is 0 Å². The first kappa shape index (κ1) is 20.2. The number of aromatic nitrogens is 1. The Bertz CT molecular complexity index is 978. The molecule has 0 atom stereocenters. The Morgan fingerprint density at radius 3 is 2.27 bits per heavy atom. The molecular weight excluding hydrogens is 398 g/mol. The van der Waals surface area contributed by atoms with Gasteiger partial charge in [0.2, 0.25) is 0 Å². The summed E-state index contributed by atoms with van der Waals surface area (Å²) in [5.41, 5.74) is 3.23. The van der Waals surface area contributed by atoms with Crippen molar-refractivity contribution in [3.8, 4) is 22.1 Å². The summed E-state index contributed by atoms with van der Waals surface area (Å²) in [6.45, 7) is 5.03. The molecule has 2 heterocycles. The van der Waals surface area contributed by atoms with Gasteiger partial charge in [-0.25, -0.2) is 4.98 Å². The first-order valence-corrected chi connectivity index (χ1v) is 10.8. The van der Waals surface area contributed by atoms with E-state index in [0.29, 0.717) is 18.8 Å². The van der Waals surface area contributed by atoms with Gasteiger partial charge in [0.1, 0.15) is 16.5 Å². The fourth-order valence-electron chi connectivity index (χ4n) is 3.42. The Labute approximate surface area is 180 Å². The van der Waals surface area contributed by atoms with Crippen LogP contribution >= 0.6 is 11.3 Å². The van der Waals surface area contributed by atoms with Gasteiger partial charge in [0.15, 0.2) is 6.61 Å². The van der Waals surface area contributed by atoms with Crippen molar-refractivity contribution in [3.05, 3.63) is 59.6 Å². The standard InChI is InChI=1S/C23H25N3O3S/c1-17-16-30-23(24-17)18-3-7-21(8-4-18)29-15-22(27)26-13-11-25(12-14-26)19-5-9-20(28-2)10-6-19/h3-10,16H,11-15H2,1-2H3. The lowest BCUT2D eigenvalue weighted by Gasteiger charge is -2.36. The summed E-state index contributed by atoms with van der Waals surface area (Å²) < 4.78 is 10.9. The predicted molar refractivity (Wildman–Crippen MR) is 120 cm³/mol. The van der Waals surface area contributed by atoms with Gasteiger partial charge in [-0.05, 0) is 55.5 Å². The third-order valence-electron chi connectivity index (χ3n) is 5.15. The average Bonchev–Trinajstić information content (AvgIpc) is 3.24. The van der Waals surface area contributed by atoms with Crippen LogP contribution in [-0.4, -0.2) is 55.7 Å². The molecule has 1 saturated heterocycles. The molecule has 1 aliphatic heterocycles. The maximum atomic E-state index is 12.5. The van der Waals surface area contributed by atoms with Gasteiger partial charge in [-0.15, -0.1) is 11.3 Å². The summed E-state index contributed by atoms with van der Waals surface area (Å²) in [6, 6.07) is 15.8. The maximum absolute atomic E-state index is 12.5. The minimum absolute atomic E-state index is 0.0176. The average molecular weight is 424 g/mol. The number of aryl methyl sites for hydroxylation is 1. The molecule has 0 N–H and O–H groups in total. The quantitative estimate of drug-likeness (QED) is 0.603. The summed E-state index contributed by atoms with van der Waals surface area (Å²) in [4.78, 5) is 21.2. The first-order valence-electron chi connectivity index (χ1n) is 9.94. The first-order chi connectivity index (χ1) is 14.6. The highest BCUT2D eigenvalue weighted by molar-refractivity contribution is 7.13. The molecule has 6 nitrogen and oxygen atoms in total. The second kappa shape index (κ2) is 9.17. The third-order valence-corrected chi connectivity index (χ3v) is 6.16.